The number of hydrogen-bond acceptors (Lipinski definition) is 6. The van der Waals surface area contributed by atoms with Crippen molar-refractivity contribution in [3.63, 3.8) is 0 Å². The predicted molar refractivity (Wildman–Crippen MR) is 117 cm³/mol. The summed E-state index contributed by atoms with van der Waals surface area (Å²) in [4.78, 5) is 0. The number of nitrogens with two attached hydrogens (primary N) is 1. The Labute approximate surface area is 187 Å². The van der Waals surface area contributed by atoms with Crippen LogP contribution in [-0.2, 0) is 5.41 Å². The van der Waals surface area contributed by atoms with Gasteiger partial charge in [0.25, 0.3) is 0 Å². The SMILES string of the molecule is COc1cc(OC)cc([C@H]2C(C#N)=C(N)Oc3n[nH]c(C45CC6CC(CC(C6)C4)C5)c32)c1. The number of hydrogen-bond donors (Lipinski definition) is 2. The van der Waals surface area contributed by atoms with Crippen LogP contribution in [0.5, 0.6) is 17.4 Å². The number of aromatic nitrogens is 2. The standard InChI is InChI=1S/C25H28N4O3/c1-30-17-6-16(7-18(8-17)31-2)20-19(12-26)23(27)32-24-21(20)22(28-29-24)25-9-13-3-14(10-25)5-15(4-13)11-25/h6-8,13-15,20H,3-5,9-11,27H2,1-2H3,(H,28,29)/t13?,14?,15?,20-,25?/m0/s1. The predicted octanol–water partition coefficient (Wildman–Crippen LogP) is 4.11. The molecule has 7 rings (SSSR count). The fourth-order valence-corrected chi connectivity index (χ4v) is 7.40. The van der Waals surface area contributed by atoms with Crippen molar-refractivity contribution in [3.8, 4) is 23.4 Å². The number of aromatic amines is 1. The summed E-state index contributed by atoms with van der Waals surface area (Å²) in [7, 11) is 3.25. The van der Waals surface area contributed by atoms with Crippen LogP contribution in [0.2, 0.25) is 0 Å². The molecule has 3 N–H and O–H groups in total. The van der Waals surface area contributed by atoms with Crippen molar-refractivity contribution in [2.45, 2.75) is 49.9 Å². The highest BCUT2D eigenvalue weighted by Crippen LogP contribution is 2.62. The summed E-state index contributed by atoms with van der Waals surface area (Å²) in [6.45, 7) is 0. The fraction of sp³-hybridized carbons (Fsp3) is 0.520. The van der Waals surface area contributed by atoms with E-state index in [-0.39, 0.29) is 17.2 Å². The van der Waals surface area contributed by atoms with Crippen molar-refractivity contribution in [3.05, 3.63) is 46.5 Å². The molecule has 4 fully saturated rings. The number of ether oxygens (including phenoxy) is 3. The third-order valence-corrected chi connectivity index (χ3v) is 8.21. The molecule has 1 aliphatic heterocycles. The van der Waals surface area contributed by atoms with Crippen molar-refractivity contribution in [2.75, 3.05) is 14.2 Å². The van der Waals surface area contributed by atoms with Gasteiger partial charge in [-0.2, -0.15) is 5.26 Å². The van der Waals surface area contributed by atoms with Crippen LogP contribution < -0.4 is 19.9 Å². The van der Waals surface area contributed by atoms with Gasteiger partial charge in [-0.05, 0) is 74.0 Å². The molecule has 1 atom stereocenters. The molecule has 2 aromatic rings. The third-order valence-electron chi connectivity index (χ3n) is 8.21. The molecule has 1 aromatic carbocycles. The molecule has 0 radical (unpaired) electrons. The molecule has 0 unspecified atom stereocenters. The van der Waals surface area contributed by atoms with Crippen molar-refractivity contribution in [1.29, 1.82) is 5.26 Å². The van der Waals surface area contributed by atoms with E-state index >= 15 is 0 Å². The zero-order valence-corrected chi connectivity index (χ0v) is 18.5. The van der Waals surface area contributed by atoms with Crippen LogP contribution in [0, 0.1) is 29.1 Å². The van der Waals surface area contributed by atoms with E-state index in [9.17, 15) is 5.26 Å². The lowest BCUT2D eigenvalue weighted by Gasteiger charge is -2.56. The normalized spacial score (nSPS) is 32.3. The summed E-state index contributed by atoms with van der Waals surface area (Å²) in [6, 6.07) is 8.04. The Morgan fingerprint density at radius 1 is 1.06 bits per heavy atom. The van der Waals surface area contributed by atoms with Gasteiger partial charge in [-0.3, -0.25) is 5.10 Å². The van der Waals surface area contributed by atoms with E-state index in [2.05, 4.69) is 16.3 Å². The molecule has 0 saturated heterocycles. The largest absolute Gasteiger partial charge is 0.497 e. The van der Waals surface area contributed by atoms with Gasteiger partial charge >= 0.3 is 0 Å². The van der Waals surface area contributed by atoms with Gasteiger partial charge in [0.05, 0.1) is 25.7 Å². The lowest BCUT2D eigenvalue weighted by Crippen LogP contribution is -2.49. The summed E-state index contributed by atoms with van der Waals surface area (Å²) in [5.74, 6) is 3.92. The minimum Gasteiger partial charge on any atom is -0.497 e. The van der Waals surface area contributed by atoms with E-state index in [1.165, 1.54) is 38.5 Å². The van der Waals surface area contributed by atoms with Gasteiger partial charge in [-0.15, -0.1) is 5.10 Å². The van der Waals surface area contributed by atoms with Crippen LogP contribution in [0.25, 0.3) is 0 Å². The number of nitriles is 1. The highest BCUT2D eigenvalue weighted by atomic mass is 16.5. The highest BCUT2D eigenvalue weighted by Gasteiger charge is 2.54. The van der Waals surface area contributed by atoms with Crippen LogP contribution in [0.4, 0.5) is 0 Å². The lowest BCUT2D eigenvalue weighted by atomic mass is 9.48. The Bertz CT molecular complexity index is 1100. The third kappa shape index (κ3) is 2.75. The minimum absolute atomic E-state index is 0.0760. The monoisotopic (exact) mass is 432 g/mol. The van der Waals surface area contributed by atoms with Gasteiger partial charge in [0.1, 0.15) is 23.1 Å². The van der Waals surface area contributed by atoms with Crippen LogP contribution >= 0.6 is 0 Å². The first-order valence-corrected chi connectivity index (χ1v) is 11.4. The maximum atomic E-state index is 10.1. The molecule has 5 aliphatic rings. The topological polar surface area (TPSA) is 106 Å². The van der Waals surface area contributed by atoms with Crippen molar-refractivity contribution >= 4 is 0 Å². The van der Waals surface area contributed by atoms with Gasteiger partial charge in [0.2, 0.25) is 11.8 Å². The molecule has 4 aliphatic carbocycles. The maximum absolute atomic E-state index is 10.1. The summed E-state index contributed by atoms with van der Waals surface area (Å²) in [5, 5.41) is 18.0. The summed E-state index contributed by atoms with van der Waals surface area (Å²) in [5.41, 5.74) is 9.66. The van der Waals surface area contributed by atoms with Crippen molar-refractivity contribution < 1.29 is 14.2 Å². The van der Waals surface area contributed by atoms with Gasteiger partial charge in [0, 0.05) is 17.2 Å². The Morgan fingerprint density at radius 2 is 1.66 bits per heavy atom. The average molecular weight is 433 g/mol. The zero-order valence-electron chi connectivity index (χ0n) is 18.5. The number of nitrogens with zero attached hydrogens (tertiary/aromatic N) is 2. The van der Waals surface area contributed by atoms with Gasteiger partial charge in [0.15, 0.2) is 0 Å². The van der Waals surface area contributed by atoms with E-state index in [1.54, 1.807) is 14.2 Å². The van der Waals surface area contributed by atoms with E-state index in [0.717, 1.165) is 34.6 Å². The number of nitrogens with one attached hydrogen (secondary N) is 1. The van der Waals surface area contributed by atoms with E-state index in [1.807, 2.05) is 18.2 Å². The Kier molecular flexibility index (Phi) is 4.23. The molecule has 7 nitrogen and oxygen atoms in total. The number of benzene rings is 1. The maximum Gasteiger partial charge on any atom is 0.244 e. The van der Waals surface area contributed by atoms with E-state index in [0.29, 0.717) is 23.0 Å². The molecule has 4 saturated carbocycles. The van der Waals surface area contributed by atoms with Crippen molar-refractivity contribution in [1.82, 2.24) is 10.2 Å². The first-order chi connectivity index (χ1) is 15.5. The molecule has 4 bridgehead atoms. The Hall–Kier alpha value is -3.14. The van der Waals surface area contributed by atoms with Crippen molar-refractivity contribution in [2.24, 2.45) is 23.5 Å². The fourth-order valence-electron chi connectivity index (χ4n) is 7.40. The zero-order chi connectivity index (χ0) is 22.0. The quantitative estimate of drug-likeness (QED) is 0.753. The second-order valence-electron chi connectivity index (χ2n) is 10.1. The van der Waals surface area contributed by atoms with Crippen LogP contribution in [-0.4, -0.2) is 24.4 Å². The van der Waals surface area contributed by atoms with Crippen LogP contribution in [0.1, 0.15) is 61.3 Å². The number of rotatable bonds is 4. The molecule has 166 valence electrons. The molecular weight excluding hydrogens is 404 g/mol. The molecule has 0 spiro atoms. The molecule has 7 heteroatoms. The number of H-pyrrole nitrogens is 1. The van der Waals surface area contributed by atoms with Crippen LogP contribution in [0.15, 0.2) is 29.7 Å². The first-order valence-electron chi connectivity index (χ1n) is 11.4. The molecule has 32 heavy (non-hydrogen) atoms. The Balaban J connectivity index is 1.54. The molecule has 2 heterocycles. The van der Waals surface area contributed by atoms with E-state index in [4.69, 9.17) is 19.9 Å². The van der Waals surface area contributed by atoms with Gasteiger partial charge in [-0.1, -0.05) is 0 Å². The highest BCUT2D eigenvalue weighted by molar-refractivity contribution is 5.58. The average Bonchev–Trinajstić information content (AvgIpc) is 3.21. The molecule has 0 amide bonds. The Morgan fingerprint density at radius 3 is 2.19 bits per heavy atom. The summed E-state index contributed by atoms with van der Waals surface area (Å²) < 4.78 is 16.9. The second-order valence-corrected chi connectivity index (χ2v) is 10.1. The minimum atomic E-state index is -0.380. The number of methoxy groups -OCH3 is 2. The smallest absolute Gasteiger partial charge is 0.244 e. The summed E-state index contributed by atoms with van der Waals surface area (Å²) in [6.07, 6.45) is 7.63. The summed E-state index contributed by atoms with van der Waals surface area (Å²) >= 11 is 0. The van der Waals surface area contributed by atoms with E-state index < -0.39 is 0 Å². The van der Waals surface area contributed by atoms with Gasteiger partial charge < -0.3 is 19.9 Å². The molecule has 1 aromatic heterocycles. The number of allylic oxidation sites excluding steroid dienone is 1. The second kappa shape index (κ2) is 6.93. The molecular formula is C25H28N4O3. The first kappa shape index (κ1) is 19.5. The van der Waals surface area contributed by atoms with Gasteiger partial charge in [-0.25, -0.2) is 0 Å². The lowest BCUT2D eigenvalue weighted by molar-refractivity contribution is -0.00768. The van der Waals surface area contributed by atoms with Crippen LogP contribution in [0.3, 0.4) is 0 Å². The number of fused-ring (bicyclic) bond motifs is 1.